The predicted molar refractivity (Wildman–Crippen MR) is 45.6 cm³/mol. The topological polar surface area (TPSA) is 17.1 Å². The van der Waals surface area contributed by atoms with Crippen LogP contribution in [0, 0.1) is 11.3 Å². The molecule has 0 heterocycles. The third-order valence-corrected chi connectivity index (χ3v) is 2.02. The van der Waals surface area contributed by atoms with Gasteiger partial charge in [0.1, 0.15) is 0 Å². The van der Waals surface area contributed by atoms with Crippen LogP contribution in [0.3, 0.4) is 0 Å². The van der Waals surface area contributed by atoms with Crippen molar-refractivity contribution in [3.8, 4) is 0 Å². The molecule has 10 heavy (non-hydrogen) atoms. The van der Waals surface area contributed by atoms with Gasteiger partial charge in [-0.15, -0.1) is 0 Å². The Hall–Kier alpha value is -0.110. The second kappa shape index (κ2) is 3.33. The summed E-state index contributed by atoms with van der Waals surface area (Å²) in [5.41, 5.74) is 0.0353. The zero-order chi connectivity index (χ0) is 8.36. The van der Waals surface area contributed by atoms with Crippen LogP contribution >= 0.6 is 0 Å². The highest BCUT2D eigenvalue weighted by Gasteiger charge is 2.22. The summed E-state index contributed by atoms with van der Waals surface area (Å²) >= 11 is 4.61. The van der Waals surface area contributed by atoms with Crippen LogP contribution in [0.1, 0.15) is 34.1 Å². The van der Waals surface area contributed by atoms with Crippen molar-refractivity contribution in [3.63, 3.8) is 0 Å². The fourth-order valence-electron chi connectivity index (χ4n) is 1.13. The SMILES string of the molecule is CCC(C(=O)[S-])C(C)(C)C. The van der Waals surface area contributed by atoms with Gasteiger partial charge in [0, 0.05) is 11.0 Å². The first-order valence-corrected chi connectivity index (χ1v) is 4.01. The number of carbonyl (C=O) groups excluding carboxylic acids is 1. The van der Waals surface area contributed by atoms with E-state index in [-0.39, 0.29) is 16.4 Å². The number of carbonyl (C=O) groups is 1. The van der Waals surface area contributed by atoms with E-state index >= 15 is 0 Å². The van der Waals surface area contributed by atoms with Gasteiger partial charge in [0.05, 0.1) is 0 Å². The molecule has 0 bridgehead atoms. The van der Waals surface area contributed by atoms with Gasteiger partial charge in [0.25, 0.3) is 0 Å². The Bertz CT molecular complexity index is 124. The van der Waals surface area contributed by atoms with Gasteiger partial charge in [-0.3, -0.25) is 0 Å². The Morgan fingerprint density at radius 3 is 1.90 bits per heavy atom. The third-order valence-electron chi connectivity index (χ3n) is 1.74. The maximum absolute atomic E-state index is 10.8. The molecule has 0 aliphatic heterocycles. The van der Waals surface area contributed by atoms with Gasteiger partial charge in [0.15, 0.2) is 0 Å². The monoisotopic (exact) mass is 159 g/mol. The minimum atomic E-state index is -0.102. The van der Waals surface area contributed by atoms with Crippen molar-refractivity contribution in [2.24, 2.45) is 11.3 Å². The van der Waals surface area contributed by atoms with Crippen LogP contribution in [-0.4, -0.2) is 5.12 Å². The molecule has 60 valence electrons. The molecule has 1 atom stereocenters. The minimum Gasteiger partial charge on any atom is -0.742 e. The van der Waals surface area contributed by atoms with E-state index in [1.807, 2.05) is 27.7 Å². The van der Waals surface area contributed by atoms with Crippen molar-refractivity contribution in [1.82, 2.24) is 0 Å². The Morgan fingerprint density at radius 2 is 1.90 bits per heavy atom. The van der Waals surface area contributed by atoms with E-state index in [2.05, 4.69) is 12.6 Å². The highest BCUT2D eigenvalue weighted by molar-refractivity contribution is 7.77. The molecule has 0 amide bonds. The van der Waals surface area contributed by atoms with Crippen molar-refractivity contribution in [2.75, 3.05) is 0 Å². The second-order valence-corrected chi connectivity index (χ2v) is 4.05. The molecule has 0 aromatic rings. The van der Waals surface area contributed by atoms with E-state index in [1.54, 1.807) is 0 Å². The molecule has 0 spiro atoms. The van der Waals surface area contributed by atoms with Crippen LogP contribution in [0.4, 0.5) is 0 Å². The lowest BCUT2D eigenvalue weighted by Gasteiger charge is -2.31. The molecule has 0 aliphatic rings. The molecule has 0 aromatic heterocycles. The lowest BCUT2D eigenvalue weighted by atomic mass is 9.80. The first-order chi connectivity index (χ1) is 4.39. The first kappa shape index (κ1) is 9.89. The highest BCUT2D eigenvalue weighted by atomic mass is 32.1. The molecule has 0 aliphatic carbocycles. The van der Waals surface area contributed by atoms with Gasteiger partial charge >= 0.3 is 0 Å². The summed E-state index contributed by atoms with van der Waals surface area (Å²) in [7, 11) is 0. The molecule has 0 saturated carbocycles. The molecular formula is C8H15OS-. The van der Waals surface area contributed by atoms with Crippen LogP contribution in [-0.2, 0) is 17.4 Å². The van der Waals surface area contributed by atoms with E-state index in [0.717, 1.165) is 6.42 Å². The van der Waals surface area contributed by atoms with E-state index in [0.29, 0.717) is 0 Å². The minimum absolute atomic E-state index is 0.0353. The molecular weight excluding hydrogens is 144 g/mol. The standard InChI is InChI=1S/C8H16OS/c1-5-6(7(9)10)8(2,3)4/h6H,5H2,1-4H3,(H,9,10)/p-1. The van der Waals surface area contributed by atoms with Crippen molar-refractivity contribution in [3.05, 3.63) is 0 Å². The quantitative estimate of drug-likeness (QED) is 0.574. The molecule has 0 N–H and O–H groups in total. The lowest BCUT2D eigenvalue weighted by molar-refractivity contribution is -0.117. The van der Waals surface area contributed by atoms with Crippen molar-refractivity contribution in [1.29, 1.82) is 0 Å². The summed E-state index contributed by atoms with van der Waals surface area (Å²) in [5.74, 6) is 0.0440. The van der Waals surface area contributed by atoms with E-state index in [9.17, 15) is 4.79 Å². The summed E-state index contributed by atoms with van der Waals surface area (Å²) in [5, 5.41) is -0.102. The van der Waals surface area contributed by atoms with Gasteiger partial charge in [-0.25, -0.2) is 0 Å². The Labute approximate surface area is 68.6 Å². The summed E-state index contributed by atoms with van der Waals surface area (Å²) in [6.45, 7) is 8.14. The van der Waals surface area contributed by atoms with Crippen LogP contribution in [0.5, 0.6) is 0 Å². The summed E-state index contributed by atoms with van der Waals surface area (Å²) < 4.78 is 0. The van der Waals surface area contributed by atoms with Crippen LogP contribution in [0.25, 0.3) is 0 Å². The second-order valence-electron chi connectivity index (χ2n) is 3.65. The average Bonchev–Trinajstić information content (AvgIpc) is 1.60. The highest BCUT2D eigenvalue weighted by Crippen LogP contribution is 2.28. The molecule has 0 fully saturated rings. The Balaban J connectivity index is 4.22. The van der Waals surface area contributed by atoms with E-state index < -0.39 is 0 Å². The maximum atomic E-state index is 10.8. The van der Waals surface area contributed by atoms with Gasteiger partial charge in [-0.05, 0) is 11.8 Å². The predicted octanol–water partition coefficient (Wildman–Crippen LogP) is 2.13. The smallest absolute Gasteiger partial charge is 0.0155 e. The maximum Gasteiger partial charge on any atom is 0.0155 e. The van der Waals surface area contributed by atoms with Crippen molar-refractivity contribution < 1.29 is 4.79 Å². The van der Waals surface area contributed by atoms with Crippen LogP contribution < -0.4 is 0 Å². The summed E-state index contributed by atoms with van der Waals surface area (Å²) in [6, 6.07) is 0. The summed E-state index contributed by atoms with van der Waals surface area (Å²) in [4.78, 5) is 10.8. The van der Waals surface area contributed by atoms with Gasteiger partial charge in [-0.1, -0.05) is 27.7 Å². The molecule has 0 rings (SSSR count). The van der Waals surface area contributed by atoms with Crippen molar-refractivity contribution >= 4 is 17.7 Å². The lowest BCUT2D eigenvalue weighted by Crippen LogP contribution is -2.26. The van der Waals surface area contributed by atoms with Crippen LogP contribution in [0.2, 0.25) is 0 Å². The van der Waals surface area contributed by atoms with Gasteiger partial charge in [-0.2, -0.15) is 0 Å². The molecule has 0 aromatic carbocycles. The summed E-state index contributed by atoms with van der Waals surface area (Å²) in [6.07, 6.45) is 0.853. The zero-order valence-electron chi connectivity index (χ0n) is 7.10. The number of rotatable bonds is 2. The molecule has 2 heteroatoms. The first-order valence-electron chi connectivity index (χ1n) is 3.60. The van der Waals surface area contributed by atoms with Gasteiger partial charge < -0.3 is 17.4 Å². The van der Waals surface area contributed by atoms with E-state index in [1.165, 1.54) is 0 Å². The largest absolute Gasteiger partial charge is 0.742 e. The molecule has 1 nitrogen and oxygen atoms in total. The molecule has 0 radical (unpaired) electrons. The third kappa shape index (κ3) is 2.65. The fraction of sp³-hybridized carbons (Fsp3) is 0.875. The molecule has 0 saturated heterocycles. The fourth-order valence-corrected chi connectivity index (χ4v) is 1.65. The Morgan fingerprint density at radius 1 is 1.50 bits per heavy atom. The number of hydrogen-bond acceptors (Lipinski definition) is 2. The zero-order valence-corrected chi connectivity index (χ0v) is 7.92. The van der Waals surface area contributed by atoms with Crippen LogP contribution in [0.15, 0.2) is 0 Å². The normalized spacial score (nSPS) is 14.8. The Kier molecular flexibility index (Phi) is 3.29. The number of hydrogen-bond donors (Lipinski definition) is 0. The average molecular weight is 159 g/mol. The van der Waals surface area contributed by atoms with Gasteiger partial charge in [0.2, 0.25) is 0 Å². The molecule has 1 unspecified atom stereocenters. The van der Waals surface area contributed by atoms with E-state index in [4.69, 9.17) is 0 Å². The van der Waals surface area contributed by atoms with Crippen molar-refractivity contribution in [2.45, 2.75) is 34.1 Å².